The summed E-state index contributed by atoms with van der Waals surface area (Å²) in [5.74, 6) is 1.20. The van der Waals surface area contributed by atoms with Gasteiger partial charge in [0, 0.05) is 98.3 Å². The van der Waals surface area contributed by atoms with E-state index in [1.165, 1.54) is 54.1 Å². The average Bonchev–Trinajstić information content (AvgIpc) is 1.54. The van der Waals surface area contributed by atoms with E-state index in [4.69, 9.17) is 19.9 Å². The van der Waals surface area contributed by atoms with Gasteiger partial charge < -0.3 is 18.3 Å². The zero-order chi connectivity index (χ0) is 82.6. The lowest BCUT2D eigenvalue weighted by molar-refractivity contribution is 0.995. The van der Waals surface area contributed by atoms with Crippen molar-refractivity contribution in [3.05, 3.63) is 437 Å². The molecule has 10 heteroatoms. The normalized spacial score (nSPS) is 12.0. The molecule has 26 aromatic rings. The Morgan fingerprint density at radius 3 is 0.730 bits per heavy atom. The Morgan fingerprint density at radius 2 is 0.373 bits per heavy atom. The Morgan fingerprint density at radius 1 is 0.135 bits per heavy atom. The zero-order valence-corrected chi connectivity index (χ0v) is 68.0. The number of para-hydroxylation sites is 7. The zero-order valence-electron chi connectivity index (χ0n) is 68.0. The Balaban J connectivity index is 0.573. The second-order valence-electron chi connectivity index (χ2n) is 32.8. The summed E-state index contributed by atoms with van der Waals surface area (Å²) in [5, 5.41) is 14.1. The van der Waals surface area contributed by atoms with E-state index in [9.17, 15) is 0 Å². The molecule has 0 atom stereocenters. The summed E-state index contributed by atoms with van der Waals surface area (Å²) >= 11 is 0. The smallest absolute Gasteiger partial charge is 0.235 e. The van der Waals surface area contributed by atoms with Crippen LogP contribution in [0.4, 0.5) is 0 Å². The van der Waals surface area contributed by atoms with Crippen LogP contribution in [0.1, 0.15) is 0 Å². The van der Waals surface area contributed by atoms with Crippen molar-refractivity contribution in [2.24, 2.45) is 0 Å². The summed E-state index contributed by atoms with van der Waals surface area (Å²) in [4.78, 5) is 22.0. The van der Waals surface area contributed by atoms with Crippen LogP contribution in [0.25, 0.3) is 244 Å². The van der Waals surface area contributed by atoms with Gasteiger partial charge in [-0.25, -0.2) is 19.9 Å². The van der Waals surface area contributed by atoms with E-state index in [1.54, 1.807) is 0 Å². The molecular formula is C116H72N10. The highest BCUT2D eigenvalue weighted by molar-refractivity contribution is 6.31. The molecule has 586 valence electrons. The van der Waals surface area contributed by atoms with Crippen molar-refractivity contribution in [2.45, 2.75) is 0 Å². The highest BCUT2D eigenvalue weighted by Crippen LogP contribution is 2.49. The Labute approximate surface area is 723 Å². The number of hydrogen-bond acceptors (Lipinski definition) is 4. The second kappa shape index (κ2) is 28.3. The van der Waals surface area contributed by atoms with E-state index in [1.807, 2.05) is 12.1 Å². The van der Waals surface area contributed by atoms with Crippen LogP contribution in [0.2, 0.25) is 0 Å². The molecule has 0 spiro atoms. The molecule has 18 aromatic carbocycles. The van der Waals surface area contributed by atoms with Gasteiger partial charge in [-0.15, -0.1) is 0 Å². The standard InChI is InChI=1S/C116H72N10/c1-6-30-73(31-7-1)81-68-82(70-84(69-81)122-96-47-23-19-43-88(96)112-106(122)65-67-108-114(112)90-45-21-25-49-98(90)124(108)102-53-28-54-103-109(102)85-40-16-26-50-99(85)125(103)115-117-91(77-32-8-2-9-33-77)71-92(118-115)78-34-10-3-11-35-78)76-58-56-74(57-59-76)75-60-62-80(63-61-75)94-72-93(79-36-12-4-13-37-79)119-116(120-94)126-100-51-27-17-41-86(100)110-101(52-29-55-104(110)126)123-97-48-24-20-44-89(97)113-107(123)66-64-105-111(113)87-42-18-22-46-95(87)121(105)83-38-14-5-15-39-83/h1-72H. The van der Waals surface area contributed by atoms with Gasteiger partial charge in [-0.05, 0) is 161 Å². The molecule has 0 bridgehead atoms. The van der Waals surface area contributed by atoms with Crippen molar-refractivity contribution in [1.82, 2.24) is 47.3 Å². The SMILES string of the molecule is c1ccc(-c2cc(-c3ccc(-c4ccc(-c5cc(-c6ccccc6)nc(-n6c7ccccc7c7c(-n8c9ccccc9c9c%10c%11ccccc%11n(-c%11ccccc%11)c%10ccc98)cccc76)n5)cc4)cc3)cc(-n3c4ccccc4c4c5c6ccccc6n(-c6cccc7c6c6ccccc6n7-c6nc(-c7ccccc7)cc(-c7ccccc7)n6)c5ccc43)c2)cc1. The molecular weight excluding hydrogens is 1530 g/mol. The van der Waals surface area contributed by atoms with Crippen molar-refractivity contribution >= 4 is 131 Å². The topological polar surface area (TPSA) is 81.1 Å². The lowest BCUT2D eigenvalue weighted by Gasteiger charge is -2.15. The summed E-state index contributed by atoms with van der Waals surface area (Å²) in [5.41, 5.74) is 31.7. The molecule has 0 amide bonds. The molecule has 0 N–H and O–H groups in total. The fraction of sp³-hybridized carbons (Fsp3) is 0. The number of hydrogen-bond donors (Lipinski definition) is 0. The molecule has 26 rings (SSSR count). The molecule has 0 fully saturated rings. The van der Waals surface area contributed by atoms with Crippen molar-refractivity contribution in [2.75, 3.05) is 0 Å². The van der Waals surface area contributed by atoms with E-state index in [-0.39, 0.29) is 0 Å². The monoisotopic (exact) mass is 1600 g/mol. The predicted octanol–water partition coefficient (Wildman–Crippen LogP) is 29.5. The lowest BCUT2D eigenvalue weighted by atomic mass is 9.96. The molecule has 0 aliphatic rings. The lowest BCUT2D eigenvalue weighted by Crippen LogP contribution is -2.04. The molecule has 0 aliphatic carbocycles. The highest BCUT2D eigenvalue weighted by Gasteiger charge is 2.29. The maximum atomic E-state index is 5.61. The first-order valence-corrected chi connectivity index (χ1v) is 42.9. The number of benzene rings is 18. The van der Waals surface area contributed by atoms with Gasteiger partial charge in [0.15, 0.2) is 0 Å². The first kappa shape index (κ1) is 70.7. The Bertz CT molecular complexity index is 8870. The van der Waals surface area contributed by atoms with Crippen LogP contribution in [0, 0.1) is 0 Å². The van der Waals surface area contributed by atoms with Gasteiger partial charge in [-0.1, -0.05) is 309 Å². The van der Waals surface area contributed by atoms with Gasteiger partial charge in [0.2, 0.25) is 11.9 Å². The Kier molecular flexibility index (Phi) is 15.9. The average molecular weight is 1610 g/mol. The summed E-state index contributed by atoms with van der Waals surface area (Å²) in [6.07, 6.45) is 0. The molecule has 126 heavy (non-hydrogen) atoms. The van der Waals surface area contributed by atoms with Crippen molar-refractivity contribution < 1.29 is 0 Å². The van der Waals surface area contributed by atoms with E-state index in [0.29, 0.717) is 11.9 Å². The molecule has 0 aliphatic heterocycles. The van der Waals surface area contributed by atoms with Crippen LogP contribution in [-0.2, 0) is 0 Å². The van der Waals surface area contributed by atoms with Crippen molar-refractivity contribution in [1.29, 1.82) is 0 Å². The minimum Gasteiger partial charge on any atom is -0.309 e. The number of nitrogens with zero attached hydrogens (tertiary/aromatic N) is 10. The van der Waals surface area contributed by atoms with Gasteiger partial charge >= 0.3 is 0 Å². The van der Waals surface area contributed by atoms with Crippen LogP contribution >= 0.6 is 0 Å². The van der Waals surface area contributed by atoms with Crippen LogP contribution in [0.5, 0.6) is 0 Å². The van der Waals surface area contributed by atoms with Gasteiger partial charge in [0.1, 0.15) is 0 Å². The summed E-state index contributed by atoms with van der Waals surface area (Å²) in [7, 11) is 0. The van der Waals surface area contributed by atoms with E-state index in [0.717, 1.165) is 178 Å². The Hall–Kier alpha value is -17.1. The third kappa shape index (κ3) is 11.0. The highest BCUT2D eigenvalue weighted by atomic mass is 15.2. The van der Waals surface area contributed by atoms with Crippen LogP contribution < -0.4 is 0 Å². The van der Waals surface area contributed by atoms with Gasteiger partial charge in [0.05, 0.1) is 100 Å². The van der Waals surface area contributed by atoms with Crippen molar-refractivity contribution in [3.8, 4) is 113 Å². The van der Waals surface area contributed by atoms with E-state index in [2.05, 4.69) is 452 Å². The molecule has 0 radical (unpaired) electrons. The molecule has 8 heterocycles. The summed E-state index contributed by atoms with van der Waals surface area (Å²) in [6.45, 7) is 0. The van der Waals surface area contributed by atoms with Crippen LogP contribution in [0.15, 0.2) is 437 Å². The maximum Gasteiger partial charge on any atom is 0.235 e. The second-order valence-corrected chi connectivity index (χ2v) is 32.8. The number of aromatic nitrogens is 10. The molecule has 0 saturated heterocycles. The minimum absolute atomic E-state index is 0.592. The first-order chi connectivity index (χ1) is 62.5. The van der Waals surface area contributed by atoms with E-state index >= 15 is 0 Å². The number of rotatable bonds is 13. The van der Waals surface area contributed by atoms with Crippen LogP contribution in [-0.4, -0.2) is 47.3 Å². The predicted molar refractivity (Wildman–Crippen MR) is 522 cm³/mol. The fourth-order valence-electron chi connectivity index (χ4n) is 20.4. The first-order valence-electron chi connectivity index (χ1n) is 42.9. The molecule has 0 unspecified atom stereocenters. The number of fused-ring (bicyclic) bond motifs is 20. The van der Waals surface area contributed by atoms with E-state index < -0.39 is 0 Å². The molecule has 10 nitrogen and oxygen atoms in total. The van der Waals surface area contributed by atoms with Gasteiger partial charge in [-0.2, -0.15) is 0 Å². The van der Waals surface area contributed by atoms with Crippen LogP contribution in [0.3, 0.4) is 0 Å². The third-order valence-corrected chi connectivity index (χ3v) is 25.8. The van der Waals surface area contributed by atoms with Crippen molar-refractivity contribution in [3.63, 3.8) is 0 Å². The molecule has 0 saturated carbocycles. The fourth-order valence-corrected chi connectivity index (χ4v) is 20.4. The minimum atomic E-state index is 0.592. The third-order valence-electron chi connectivity index (χ3n) is 25.8. The quantitative estimate of drug-likeness (QED) is 0.115. The maximum absolute atomic E-state index is 5.61. The largest absolute Gasteiger partial charge is 0.309 e. The summed E-state index contributed by atoms with van der Waals surface area (Å²) < 4.78 is 14.4. The molecule has 8 aromatic heterocycles. The van der Waals surface area contributed by atoms with Gasteiger partial charge in [0.25, 0.3) is 0 Å². The summed E-state index contributed by atoms with van der Waals surface area (Å²) in [6, 6.07) is 158. The van der Waals surface area contributed by atoms with Gasteiger partial charge in [-0.3, -0.25) is 9.13 Å².